The fourth-order valence-electron chi connectivity index (χ4n) is 2.84. The van der Waals surface area contributed by atoms with Crippen LogP contribution < -0.4 is 5.32 Å². The Morgan fingerprint density at radius 2 is 1.76 bits per heavy atom. The van der Waals surface area contributed by atoms with E-state index in [4.69, 9.17) is 11.6 Å². The fraction of sp³-hybridized carbons (Fsp3) is 0.391. The first kappa shape index (κ1) is 23.3. The van der Waals surface area contributed by atoms with E-state index in [1.165, 1.54) is 11.8 Å². The molecule has 4 nitrogen and oxygen atoms in total. The Bertz CT molecular complexity index is 824. The summed E-state index contributed by atoms with van der Waals surface area (Å²) in [6.07, 6.45) is 0. The molecule has 2 rings (SSSR count). The second-order valence-corrected chi connectivity index (χ2v) is 8.89. The molecule has 156 valence electrons. The molecule has 0 saturated carbocycles. The van der Waals surface area contributed by atoms with Gasteiger partial charge in [0.05, 0.1) is 5.75 Å². The number of benzene rings is 2. The number of hydrogen-bond donors (Lipinski definition) is 1. The van der Waals surface area contributed by atoms with Crippen molar-refractivity contribution in [2.24, 2.45) is 0 Å². The Morgan fingerprint density at radius 1 is 1.07 bits per heavy atom. The number of thioether (sulfide) groups is 1. The van der Waals surface area contributed by atoms with Crippen LogP contribution in [0.5, 0.6) is 0 Å². The number of carbonyl (C=O) groups is 2. The van der Waals surface area contributed by atoms with E-state index in [1.807, 2.05) is 69.3 Å². The lowest BCUT2D eigenvalue weighted by Gasteiger charge is -2.29. The molecule has 0 aliphatic carbocycles. The Balaban J connectivity index is 2.06. The third-order valence-corrected chi connectivity index (χ3v) is 5.68. The molecule has 0 saturated heterocycles. The highest BCUT2D eigenvalue weighted by atomic mass is 35.5. The molecule has 0 bridgehead atoms. The zero-order chi connectivity index (χ0) is 21.4. The van der Waals surface area contributed by atoms with E-state index >= 15 is 0 Å². The van der Waals surface area contributed by atoms with Gasteiger partial charge in [-0.05, 0) is 51.0 Å². The molecule has 0 spiro atoms. The molecular formula is C23H29ClN2O2S. The summed E-state index contributed by atoms with van der Waals surface area (Å²) in [4.78, 5) is 27.2. The normalized spacial score (nSPS) is 11.9. The number of carbonyl (C=O) groups excluding carboxylic acids is 2. The number of amides is 2. The molecule has 0 fully saturated rings. The van der Waals surface area contributed by atoms with Crippen molar-refractivity contribution in [3.8, 4) is 0 Å². The summed E-state index contributed by atoms with van der Waals surface area (Å²) in [5.74, 6) is 0.805. The monoisotopic (exact) mass is 432 g/mol. The van der Waals surface area contributed by atoms with Gasteiger partial charge in [0.15, 0.2) is 0 Å². The molecule has 0 aromatic heterocycles. The molecule has 0 aliphatic heterocycles. The van der Waals surface area contributed by atoms with Gasteiger partial charge >= 0.3 is 0 Å². The fourth-order valence-corrected chi connectivity index (χ4v) is 3.91. The highest BCUT2D eigenvalue weighted by Crippen LogP contribution is 2.18. The maximum absolute atomic E-state index is 13.0. The average Bonchev–Trinajstić information content (AvgIpc) is 2.66. The molecule has 6 heteroatoms. The highest BCUT2D eigenvalue weighted by Gasteiger charge is 2.26. The van der Waals surface area contributed by atoms with Crippen LogP contribution >= 0.6 is 23.4 Å². The van der Waals surface area contributed by atoms with E-state index in [0.29, 0.717) is 23.1 Å². The van der Waals surface area contributed by atoms with Crippen LogP contribution in [0.3, 0.4) is 0 Å². The van der Waals surface area contributed by atoms with Crippen molar-refractivity contribution in [3.63, 3.8) is 0 Å². The lowest BCUT2D eigenvalue weighted by molar-refractivity contribution is -0.138. The third-order valence-electron chi connectivity index (χ3n) is 4.46. The molecule has 1 unspecified atom stereocenters. The van der Waals surface area contributed by atoms with Crippen molar-refractivity contribution in [1.82, 2.24) is 10.2 Å². The zero-order valence-corrected chi connectivity index (χ0v) is 19.0. The van der Waals surface area contributed by atoms with Crippen LogP contribution in [0.25, 0.3) is 0 Å². The molecule has 2 aromatic carbocycles. The zero-order valence-electron chi connectivity index (χ0n) is 17.4. The summed E-state index contributed by atoms with van der Waals surface area (Å²) in [6, 6.07) is 15.2. The first-order valence-electron chi connectivity index (χ1n) is 9.74. The lowest BCUT2D eigenvalue weighted by Crippen LogP contribution is -2.49. The molecule has 0 heterocycles. The van der Waals surface area contributed by atoms with E-state index in [-0.39, 0.29) is 17.9 Å². The minimum Gasteiger partial charge on any atom is -0.352 e. The van der Waals surface area contributed by atoms with Gasteiger partial charge in [-0.15, -0.1) is 11.8 Å². The van der Waals surface area contributed by atoms with E-state index < -0.39 is 6.04 Å². The summed E-state index contributed by atoms with van der Waals surface area (Å²) >= 11 is 7.55. The Morgan fingerprint density at radius 3 is 2.38 bits per heavy atom. The van der Waals surface area contributed by atoms with E-state index in [0.717, 1.165) is 16.7 Å². The summed E-state index contributed by atoms with van der Waals surface area (Å²) in [5, 5.41) is 3.60. The number of aryl methyl sites for hydroxylation is 1. The van der Waals surface area contributed by atoms with Gasteiger partial charge in [-0.1, -0.05) is 53.6 Å². The third kappa shape index (κ3) is 7.75. The largest absolute Gasteiger partial charge is 0.352 e. The molecule has 1 atom stereocenters. The van der Waals surface area contributed by atoms with Crippen LogP contribution in [0.2, 0.25) is 5.02 Å². The standard InChI is InChI=1S/C23H29ClN2O2S/c1-16(2)25-23(28)18(4)26(13-19-10-8-17(3)9-11-19)22(27)15-29-14-20-6-5-7-21(24)12-20/h5-12,16,18H,13-15H2,1-4H3,(H,25,28). The predicted octanol–water partition coefficient (Wildman–Crippen LogP) is 4.82. The van der Waals surface area contributed by atoms with Crippen LogP contribution in [0.15, 0.2) is 48.5 Å². The van der Waals surface area contributed by atoms with Gasteiger partial charge in [-0.3, -0.25) is 9.59 Å². The predicted molar refractivity (Wildman–Crippen MR) is 122 cm³/mol. The van der Waals surface area contributed by atoms with Crippen LogP contribution in [-0.2, 0) is 21.9 Å². The van der Waals surface area contributed by atoms with Gasteiger partial charge in [-0.25, -0.2) is 0 Å². The van der Waals surface area contributed by atoms with Crippen LogP contribution in [-0.4, -0.2) is 34.6 Å². The Hall–Kier alpha value is -1.98. The van der Waals surface area contributed by atoms with Crippen molar-refractivity contribution in [2.45, 2.75) is 52.1 Å². The second kappa shape index (κ2) is 11.3. The lowest BCUT2D eigenvalue weighted by atomic mass is 10.1. The second-order valence-electron chi connectivity index (χ2n) is 7.47. The van der Waals surface area contributed by atoms with Gasteiger partial charge in [0.1, 0.15) is 6.04 Å². The van der Waals surface area contributed by atoms with Crippen molar-refractivity contribution in [1.29, 1.82) is 0 Å². The maximum atomic E-state index is 13.0. The van der Waals surface area contributed by atoms with Gasteiger partial charge in [0.25, 0.3) is 0 Å². The Kier molecular flexibility index (Phi) is 9.05. The van der Waals surface area contributed by atoms with E-state index in [2.05, 4.69) is 5.32 Å². The van der Waals surface area contributed by atoms with Gasteiger partial charge in [0.2, 0.25) is 11.8 Å². The van der Waals surface area contributed by atoms with Gasteiger partial charge in [-0.2, -0.15) is 0 Å². The van der Waals surface area contributed by atoms with Gasteiger partial charge in [0, 0.05) is 23.4 Å². The maximum Gasteiger partial charge on any atom is 0.242 e. The highest BCUT2D eigenvalue weighted by molar-refractivity contribution is 7.99. The van der Waals surface area contributed by atoms with E-state index in [1.54, 1.807) is 11.8 Å². The number of nitrogens with one attached hydrogen (secondary N) is 1. The Labute approximate surface area is 183 Å². The number of rotatable bonds is 9. The summed E-state index contributed by atoms with van der Waals surface area (Å²) in [6.45, 7) is 8.04. The van der Waals surface area contributed by atoms with Gasteiger partial charge < -0.3 is 10.2 Å². The minimum atomic E-state index is -0.544. The quantitative estimate of drug-likeness (QED) is 0.617. The molecule has 2 amide bonds. The first-order valence-corrected chi connectivity index (χ1v) is 11.3. The smallest absolute Gasteiger partial charge is 0.242 e. The SMILES string of the molecule is Cc1ccc(CN(C(=O)CSCc2cccc(Cl)c2)C(C)C(=O)NC(C)C)cc1. The van der Waals surface area contributed by atoms with Crippen molar-refractivity contribution in [3.05, 3.63) is 70.2 Å². The molecule has 0 aliphatic rings. The molecule has 2 aromatic rings. The van der Waals surface area contributed by atoms with E-state index in [9.17, 15) is 9.59 Å². The van der Waals surface area contributed by atoms with Crippen LogP contribution in [0, 0.1) is 6.92 Å². The van der Waals surface area contributed by atoms with Crippen molar-refractivity contribution < 1.29 is 9.59 Å². The molecule has 0 radical (unpaired) electrons. The summed E-state index contributed by atoms with van der Waals surface area (Å²) in [7, 11) is 0. The number of halogens is 1. The van der Waals surface area contributed by atoms with Crippen LogP contribution in [0.4, 0.5) is 0 Å². The number of nitrogens with zero attached hydrogens (tertiary/aromatic N) is 1. The summed E-state index contributed by atoms with van der Waals surface area (Å²) in [5.41, 5.74) is 3.24. The molecule has 29 heavy (non-hydrogen) atoms. The molecule has 1 N–H and O–H groups in total. The average molecular weight is 433 g/mol. The minimum absolute atomic E-state index is 0.0264. The van der Waals surface area contributed by atoms with Crippen molar-refractivity contribution >= 4 is 35.2 Å². The molecular weight excluding hydrogens is 404 g/mol. The number of hydrogen-bond acceptors (Lipinski definition) is 3. The topological polar surface area (TPSA) is 49.4 Å². The first-order chi connectivity index (χ1) is 13.8. The summed E-state index contributed by atoms with van der Waals surface area (Å²) < 4.78 is 0. The van der Waals surface area contributed by atoms with Crippen LogP contribution in [0.1, 0.15) is 37.5 Å². The van der Waals surface area contributed by atoms with Crippen molar-refractivity contribution in [2.75, 3.05) is 5.75 Å².